The number of anilines is 2. The van der Waals surface area contributed by atoms with Crippen LogP contribution in [0.25, 0.3) is 0 Å². The van der Waals surface area contributed by atoms with E-state index in [1.807, 2.05) is 12.1 Å². The summed E-state index contributed by atoms with van der Waals surface area (Å²) in [5.41, 5.74) is 7.32. The first-order valence-corrected chi connectivity index (χ1v) is 13.5. The minimum Gasteiger partial charge on any atom is -0.327 e. The number of hydrogen-bond donors (Lipinski definition) is 0. The Hall–Kier alpha value is -3.38. The Morgan fingerprint density at radius 3 is 1.55 bits per heavy atom. The van der Waals surface area contributed by atoms with E-state index in [-0.39, 0.29) is 36.9 Å². The van der Waals surface area contributed by atoms with E-state index in [4.69, 9.17) is 4.99 Å². The molecule has 208 valence electrons. The summed E-state index contributed by atoms with van der Waals surface area (Å²) in [6.45, 7) is 4.47. The van der Waals surface area contributed by atoms with Crippen LogP contribution in [0, 0.1) is 5.82 Å². The molecule has 2 aliphatic rings. The van der Waals surface area contributed by atoms with Gasteiger partial charge in [-0.1, -0.05) is 84.9 Å². The van der Waals surface area contributed by atoms with Crippen molar-refractivity contribution in [2.24, 2.45) is 4.99 Å². The Morgan fingerprint density at radius 1 is 0.575 bits per heavy atom. The Bertz CT molecular complexity index is 1370. The van der Waals surface area contributed by atoms with Crippen molar-refractivity contribution in [1.82, 2.24) is 4.90 Å². The summed E-state index contributed by atoms with van der Waals surface area (Å²) in [6, 6.07) is 36.7. The number of nitrogens with zero attached hydrogens (tertiary/aromatic N) is 4. The van der Waals surface area contributed by atoms with E-state index in [0.717, 1.165) is 44.6 Å². The molecule has 40 heavy (non-hydrogen) atoms. The summed E-state index contributed by atoms with van der Waals surface area (Å²) >= 11 is 0. The monoisotopic (exact) mass is 576 g/mol. The molecule has 0 spiro atoms. The molecular weight excluding hydrogens is 542 g/mol. The van der Waals surface area contributed by atoms with Crippen LogP contribution in [0.1, 0.15) is 29.5 Å². The number of para-hydroxylation sites is 2. The number of halogens is 3. The van der Waals surface area contributed by atoms with Crippen LogP contribution >= 0.6 is 24.8 Å². The molecule has 0 saturated carbocycles. The molecule has 0 radical (unpaired) electrons. The van der Waals surface area contributed by atoms with E-state index < -0.39 is 0 Å². The predicted octanol–water partition coefficient (Wildman–Crippen LogP) is 7.72. The minimum atomic E-state index is -0.208. The number of likely N-dealkylation sites (tertiary alicyclic amines) is 1. The lowest BCUT2D eigenvalue weighted by Gasteiger charge is -2.33. The zero-order valence-electron chi connectivity index (χ0n) is 22.4. The van der Waals surface area contributed by atoms with Crippen molar-refractivity contribution >= 4 is 41.9 Å². The van der Waals surface area contributed by atoms with Crippen LogP contribution < -0.4 is 9.80 Å². The molecule has 1 fully saturated rings. The SMILES string of the molecule is Cl.Cl.Fc1ccc(CN2c3ccccc3N(Cc3ccccc3)C2N=C2CCN(Cc3ccccc3)CC2)cc1. The van der Waals surface area contributed by atoms with Crippen molar-refractivity contribution in [2.45, 2.75) is 38.8 Å². The second-order valence-corrected chi connectivity index (χ2v) is 10.2. The molecule has 7 heteroatoms. The number of fused-ring (bicyclic) bond motifs is 1. The normalized spacial score (nSPS) is 16.6. The van der Waals surface area contributed by atoms with Crippen LogP contribution in [-0.4, -0.2) is 30.0 Å². The lowest BCUT2D eigenvalue weighted by Crippen LogP contribution is -2.43. The average molecular weight is 578 g/mol. The molecule has 1 unspecified atom stereocenters. The molecule has 2 aliphatic heterocycles. The second-order valence-electron chi connectivity index (χ2n) is 10.2. The summed E-state index contributed by atoms with van der Waals surface area (Å²) in [6.07, 6.45) is 1.81. The van der Waals surface area contributed by atoms with Gasteiger partial charge in [-0.05, 0) is 53.8 Å². The fourth-order valence-corrected chi connectivity index (χ4v) is 5.51. The van der Waals surface area contributed by atoms with Gasteiger partial charge < -0.3 is 9.80 Å². The molecule has 1 saturated heterocycles. The molecule has 0 amide bonds. The van der Waals surface area contributed by atoms with Crippen LogP contribution in [0.15, 0.2) is 114 Å². The fraction of sp³-hybridized carbons (Fsp3) is 0.242. The number of aliphatic imine (C=N–C) groups is 1. The Kier molecular flexibility index (Phi) is 10.2. The van der Waals surface area contributed by atoms with Gasteiger partial charge in [-0.25, -0.2) is 9.38 Å². The first-order valence-electron chi connectivity index (χ1n) is 13.5. The molecule has 4 aromatic rings. The number of rotatable bonds is 7. The van der Waals surface area contributed by atoms with Gasteiger partial charge in [-0.2, -0.15) is 0 Å². The highest BCUT2D eigenvalue weighted by Crippen LogP contribution is 2.42. The van der Waals surface area contributed by atoms with Crippen LogP contribution in [-0.2, 0) is 19.6 Å². The highest BCUT2D eigenvalue weighted by Gasteiger charge is 2.36. The molecule has 0 aliphatic carbocycles. The zero-order valence-corrected chi connectivity index (χ0v) is 24.0. The van der Waals surface area contributed by atoms with Crippen molar-refractivity contribution < 1.29 is 4.39 Å². The van der Waals surface area contributed by atoms with Gasteiger partial charge in [-0.15, -0.1) is 24.8 Å². The van der Waals surface area contributed by atoms with Crippen LogP contribution in [0.3, 0.4) is 0 Å². The Balaban J connectivity index is 0.00000185. The lowest BCUT2D eigenvalue weighted by atomic mass is 10.1. The van der Waals surface area contributed by atoms with Gasteiger partial charge in [-0.3, -0.25) is 4.90 Å². The smallest absolute Gasteiger partial charge is 0.199 e. The maximum Gasteiger partial charge on any atom is 0.199 e. The van der Waals surface area contributed by atoms with Crippen LogP contribution in [0.5, 0.6) is 0 Å². The highest BCUT2D eigenvalue weighted by atomic mass is 35.5. The third-order valence-electron chi connectivity index (χ3n) is 7.50. The van der Waals surface area contributed by atoms with Crippen molar-refractivity contribution in [2.75, 3.05) is 22.9 Å². The molecule has 1 atom stereocenters. The van der Waals surface area contributed by atoms with Crippen molar-refractivity contribution in [3.8, 4) is 0 Å². The molecule has 4 nitrogen and oxygen atoms in total. The quantitative estimate of drug-likeness (QED) is 0.225. The molecule has 0 N–H and O–H groups in total. The summed E-state index contributed by atoms with van der Waals surface area (Å²) in [5.74, 6) is -0.208. The summed E-state index contributed by atoms with van der Waals surface area (Å²) in [5, 5.41) is 0. The fourth-order valence-electron chi connectivity index (χ4n) is 5.51. The van der Waals surface area contributed by atoms with Crippen LogP contribution in [0.4, 0.5) is 15.8 Å². The van der Waals surface area contributed by atoms with E-state index in [1.54, 1.807) is 12.1 Å². The lowest BCUT2D eigenvalue weighted by molar-refractivity contribution is 0.266. The Labute approximate surface area is 249 Å². The first kappa shape index (κ1) is 29.6. The maximum atomic E-state index is 13.7. The van der Waals surface area contributed by atoms with Gasteiger partial charge in [0.25, 0.3) is 0 Å². The summed E-state index contributed by atoms with van der Waals surface area (Å²) in [4.78, 5) is 12.7. The van der Waals surface area contributed by atoms with Crippen molar-refractivity contribution in [3.05, 3.63) is 132 Å². The largest absolute Gasteiger partial charge is 0.327 e. The maximum absolute atomic E-state index is 13.7. The Morgan fingerprint density at radius 2 is 1.02 bits per heavy atom. The van der Waals surface area contributed by atoms with Gasteiger partial charge in [0.05, 0.1) is 11.4 Å². The first-order chi connectivity index (χ1) is 18.7. The van der Waals surface area contributed by atoms with Gasteiger partial charge in [0.15, 0.2) is 6.29 Å². The van der Waals surface area contributed by atoms with Crippen molar-refractivity contribution in [1.29, 1.82) is 0 Å². The third-order valence-corrected chi connectivity index (χ3v) is 7.50. The van der Waals surface area contributed by atoms with E-state index in [1.165, 1.54) is 28.2 Å². The van der Waals surface area contributed by atoms with Gasteiger partial charge in [0.2, 0.25) is 0 Å². The van der Waals surface area contributed by atoms with E-state index in [2.05, 4.69) is 99.6 Å². The molecule has 0 aromatic heterocycles. The molecule has 2 heterocycles. The predicted molar refractivity (Wildman–Crippen MR) is 168 cm³/mol. The summed E-state index contributed by atoms with van der Waals surface area (Å²) < 4.78 is 13.7. The van der Waals surface area contributed by atoms with Crippen molar-refractivity contribution in [3.63, 3.8) is 0 Å². The van der Waals surface area contributed by atoms with E-state index >= 15 is 0 Å². The topological polar surface area (TPSA) is 22.1 Å². The number of piperidine rings is 1. The van der Waals surface area contributed by atoms with E-state index in [0.29, 0.717) is 6.54 Å². The van der Waals surface area contributed by atoms with Gasteiger partial charge in [0.1, 0.15) is 5.82 Å². The van der Waals surface area contributed by atoms with Crippen LogP contribution in [0.2, 0.25) is 0 Å². The zero-order chi connectivity index (χ0) is 25.7. The number of benzene rings is 4. The molecule has 4 aromatic carbocycles. The number of hydrogen-bond acceptors (Lipinski definition) is 4. The van der Waals surface area contributed by atoms with Gasteiger partial charge in [0, 0.05) is 38.4 Å². The minimum absolute atomic E-state index is 0. The third kappa shape index (κ3) is 6.84. The average Bonchev–Trinajstić information content (AvgIpc) is 3.24. The standard InChI is InChI=1S/C33H33FN4.2ClH/c34-29-17-15-28(16-18-29)25-38-32-14-8-7-13-31(32)37(24-27-11-5-2-6-12-27)33(38)35-30-19-21-36(22-20-30)23-26-9-3-1-4-10-26;;/h1-18,33H,19-25H2;2*1H. The molecule has 6 rings (SSSR count). The summed E-state index contributed by atoms with van der Waals surface area (Å²) in [7, 11) is 0. The molecular formula is C33H35Cl2FN4. The van der Waals surface area contributed by atoms with E-state index in [9.17, 15) is 4.39 Å². The van der Waals surface area contributed by atoms with Gasteiger partial charge >= 0.3 is 0 Å². The highest BCUT2D eigenvalue weighted by molar-refractivity contribution is 5.87. The second kappa shape index (κ2) is 13.8. The molecule has 0 bridgehead atoms.